The molecule has 0 unspecified atom stereocenters. The summed E-state index contributed by atoms with van der Waals surface area (Å²) in [6, 6.07) is 16.6. The van der Waals surface area contributed by atoms with Gasteiger partial charge in [0.2, 0.25) is 5.89 Å². The van der Waals surface area contributed by atoms with Gasteiger partial charge in [-0.2, -0.15) is 4.98 Å². The Labute approximate surface area is 128 Å². The van der Waals surface area contributed by atoms with Crippen molar-refractivity contribution >= 4 is 0 Å². The number of hydrogen-bond donors (Lipinski definition) is 0. The molecule has 0 atom stereocenters. The summed E-state index contributed by atoms with van der Waals surface area (Å²) in [4.78, 5) is 16.4. The molecule has 3 aromatic rings. The van der Waals surface area contributed by atoms with Crippen LogP contribution in [0, 0.1) is 6.92 Å². The molecular formula is C18H15NO3. The quantitative estimate of drug-likeness (QED) is 0.739. The molecule has 0 spiro atoms. The molecule has 0 radical (unpaired) electrons. The summed E-state index contributed by atoms with van der Waals surface area (Å²) in [5.74, 6) is 1.60. The van der Waals surface area contributed by atoms with Gasteiger partial charge in [-0.1, -0.05) is 30.3 Å². The fourth-order valence-corrected chi connectivity index (χ4v) is 2.31. The lowest BCUT2D eigenvalue weighted by molar-refractivity contribution is 0.415. The Morgan fingerprint density at radius 2 is 1.64 bits per heavy atom. The second-order valence-electron chi connectivity index (χ2n) is 4.85. The largest absolute Gasteiger partial charge is 0.497 e. The molecule has 2 aromatic carbocycles. The zero-order valence-corrected chi connectivity index (χ0v) is 12.4. The van der Waals surface area contributed by atoms with Crippen molar-refractivity contribution in [1.82, 2.24) is 4.98 Å². The van der Waals surface area contributed by atoms with Crippen LogP contribution in [0.4, 0.5) is 0 Å². The van der Waals surface area contributed by atoms with Crippen molar-refractivity contribution in [2.24, 2.45) is 0 Å². The fourth-order valence-electron chi connectivity index (χ4n) is 2.31. The van der Waals surface area contributed by atoms with Crippen LogP contribution in [0.25, 0.3) is 22.6 Å². The van der Waals surface area contributed by atoms with Crippen LogP contribution in [-0.2, 0) is 0 Å². The van der Waals surface area contributed by atoms with E-state index in [1.54, 1.807) is 26.2 Å². The van der Waals surface area contributed by atoms with Crippen molar-refractivity contribution in [3.8, 4) is 28.3 Å². The first-order chi connectivity index (χ1) is 10.7. The summed E-state index contributed by atoms with van der Waals surface area (Å²) in [6.07, 6.45) is 0. The summed E-state index contributed by atoms with van der Waals surface area (Å²) >= 11 is 0. The van der Waals surface area contributed by atoms with Gasteiger partial charge >= 0.3 is 0 Å². The number of benzene rings is 2. The normalized spacial score (nSPS) is 10.5. The first-order valence-electron chi connectivity index (χ1n) is 6.90. The van der Waals surface area contributed by atoms with E-state index in [9.17, 15) is 4.79 Å². The first kappa shape index (κ1) is 14.1. The Hall–Kier alpha value is -2.88. The van der Waals surface area contributed by atoms with Crippen LogP contribution in [0.2, 0.25) is 0 Å². The second kappa shape index (κ2) is 5.85. The van der Waals surface area contributed by atoms with Crippen LogP contribution in [0.3, 0.4) is 0 Å². The zero-order chi connectivity index (χ0) is 15.5. The second-order valence-corrected chi connectivity index (χ2v) is 4.85. The van der Waals surface area contributed by atoms with Crippen molar-refractivity contribution in [2.45, 2.75) is 6.92 Å². The van der Waals surface area contributed by atoms with Gasteiger partial charge in [-0.25, -0.2) is 0 Å². The van der Waals surface area contributed by atoms with Crippen LogP contribution in [0.1, 0.15) is 5.76 Å². The molecule has 110 valence electrons. The molecule has 0 saturated heterocycles. The standard InChI is InChI=1S/C18H15NO3/c1-12-16(13-6-4-3-5-7-13)17(20)19-18(22-12)14-8-10-15(21-2)11-9-14/h3-11H,1-2H3. The molecule has 0 fully saturated rings. The number of aromatic nitrogens is 1. The van der Waals surface area contributed by atoms with Crippen molar-refractivity contribution in [2.75, 3.05) is 7.11 Å². The van der Waals surface area contributed by atoms with Gasteiger partial charge in [0.25, 0.3) is 5.56 Å². The lowest BCUT2D eigenvalue weighted by atomic mass is 10.1. The minimum absolute atomic E-state index is 0.291. The van der Waals surface area contributed by atoms with E-state index in [1.807, 2.05) is 42.5 Å². The summed E-state index contributed by atoms with van der Waals surface area (Å²) in [6.45, 7) is 1.78. The van der Waals surface area contributed by atoms with Gasteiger partial charge < -0.3 is 9.15 Å². The molecule has 0 saturated carbocycles. The third-order valence-corrected chi connectivity index (χ3v) is 3.42. The molecular weight excluding hydrogens is 278 g/mol. The number of nitrogens with zero attached hydrogens (tertiary/aromatic N) is 1. The van der Waals surface area contributed by atoms with E-state index in [0.29, 0.717) is 17.2 Å². The van der Waals surface area contributed by atoms with Crippen LogP contribution >= 0.6 is 0 Å². The van der Waals surface area contributed by atoms with E-state index in [2.05, 4.69) is 4.98 Å². The maximum absolute atomic E-state index is 12.4. The van der Waals surface area contributed by atoms with Gasteiger partial charge in [0, 0.05) is 5.56 Å². The Balaban J connectivity index is 2.07. The molecule has 4 heteroatoms. The lowest BCUT2D eigenvalue weighted by Gasteiger charge is -2.07. The minimum atomic E-state index is -0.291. The molecule has 0 aliphatic rings. The lowest BCUT2D eigenvalue weighted by Crippen LogP contribution is -2.11. The molecule has 0 amide bonds. The van der Waals surface area contributed by atoms with Crippen molar-refractivity contribution < 1.29 is 9.15 Å². The monoisotopic (exact) mass is 293 g/mol. The number of aryl methyl sites for hydroxylation is 1. The first-order valence-corrected chi connectivity index (χ1v) is 6.90. The smallest absolute Gasteiger partial charge is 0.284 e. The van der Waals surface area contributed by atoms with E-state index >= 15 is 0 Å². The highest BCUT2D eigenvalue weighted by Gasteiger charge is 2.13. The van der Waals surface area contributed by atoms with Crippen LogP contribution in [0.15, 0.2) is 63.8 Å². The van der Waals surface area contributed by atoms with Gasteiger partial charge in [0.15, 0.2) is 0 Å². The van der Waals surface area contributed by atoms with Gasteiger partial charge in [0.05, 0.1) is 12.7 Å². The van der Waals surface area contributed by atoms with Crippen molar-refractivity contribution in [3.63, 3.8) is 0 Å². The molecule has 1 heterocycles. The van der Waals surface area contributed by atoms with E-state index in [-0.39, 0.29) is 5.56 Å². The third kappa shape index (κ3) is 2.63. The summed E-state index contributed by atoms with van der Waals surface area (Å²) in [5, 5.41) is 0. The van der Waals surface area contributed by atoms with E-state index in [1.165, 1.54) is 0 Å². The highest BCUT2D eigenvalue weighted by molar-refractivity contribution is 5.65. The molecule has 0 aliphatic carbocycles. The zero-order valence-electron chi connectivity index (χ0n) is 12.4. The summed E-state index contributed by atoms with van der Waals surface area (Å²) in [5.41, 5.74) is 1.75. The summed E-state index contributed by atoms with van der Waals surface area (Å²) in [7, 11) is 1.60. The van der Waals surface area contributed by atoms with Crippen molar-refractivity contribution in [3.05, 3.63) is 70.7 Å². The van der Waals surface area contributed by atoms with Crippen molar-refractivity contribution in [1.29, 1.82) is 0 Å². The van der Waals surface area contributed by atoms with Crippen LogP contribution < -0.4 is 10.3 Å². The van der Waals surface area contributed by atoms with Gasteiger partial charge in [-0.05, 0) is 36.8 Å². The third-order valence-electron chi connectivity index (χ3n) is 3.42. The van der Waals surface area contributed by atoms with E-state index in [0.717, 1.165) is 16.9 Å². The van der Waals surface area contributed by atoms with Gasteiger partial charge in [-0.15, -0.1) is 0 Å². The molecule has 0 aliphatic heterocycles. The Kier molecular flexibility index (Phi) is 3.74. The number of rotatable bonds is 3. The Morgan fingerprint density at radius 3 is 2.23 bits per heavy atom. The van der Waals surface area contributed by atoms with Gasteiger partial charge in [-0.3, -0.25) is 4.79 Å². The van der Waals surface area contributed by atoms with E-state index in [4.69, 9.17) is 9.15 Å². The number of hydrogen-bond acceptors (Lipinski definition) is 4. The number of methoxy groups -OCH3 is 1. The number of ether oxygens (including phenoxy) is 1. The molecule has 0 N–H and O–H groups in total. The average molecular weight is 293 g/mol. The molecule has 3 rings (SSSR count). The summed E-state index contributed by atoms with van der Waals surface area (Å²) < 4.78 is 10.9. The molecule has 1 aromatic heterocycles. The highest BCUT2D eigenvalue weighted by atomic mass is 16.5. The highest BCUT2D eigenvalue weighted by Crippen LogP contribution is 2.24. The molecule has 22 heavy (non-hydrogen) atoms. The molecule has 4 nitrogen and oxygen atoms in total. The average Bonchev–Trinajstić information content (AvgIpc) is 2.55. The maximum atomic E-state index is 12.4. The van der Waals surface area contributed by atoms with Crippen LogP contribution in [0.5, 0.6) is 5.75 Å². The van der Waals surface area contributed by atoms with Gasteiger partial charge in [0.1, 0.15) is 11.5 Å². The van der Waals surface area contributed by atoms with E-state index < -0.39 is 0 Å². The van der Waals surface area contributed by atoms with Crippen LogP contribution in [-0.4, -0.2) is 12.1 Å². The maximum Gasteiger partial charge on any atom is 0.284 e. The minimum Gasteiger partial charge on any atom is -0.497 e. The predicted octanol–water partition coefficient (Wildman–Crippen LogP) is 3.69. The Morgan fingerprint density at radius 1 is 0.955 bits per heavy atom. The fraction of sp³-hybridized carbons (Fsp3) is 0.111. The molecule has 0 bridgehead atoms. The Bertz CT molecular complexity index is 836. The SMILES string of the molecule is COc1ccc(-c2nc(=O)c(-c3ccccc3)c(C)o2)cc1. The topological polar surface area (TPSA) is 52.3 Å². The predicted molar refractivity (Wildman–Crippen MR) is 84.9 cm³/mol.